The Labute approximate surface area is 132 Å². The van der Waals surface area contributed by atoms with Crippen molar-refractivity contribution < 1.29 is 14.3 Å². The van der Waals surface area contributed by atoms with Crippen LogP contribution in [0.1, 0.15) is 21.6 Å². The normalized spacial score (nSPS) is 10.1. The van der Waals surface area contributed by atoms with Crippen LogP contribution in [-0.2, 0) is 11.2 Å². The minimum Gasteiger partial charge on any atom is -0.453 e. The number of aryl methyl sites for hydroxylation is 1. The summed E-state index contributed by atoms with van der Waals surface area (Å²) in [5, 5.41) is 5.74. The lowest BCUT2D eigenvalue weighted by Gasteiger charge is -2.07. The van der Waals surface area contributed by atoms with Gasteiger partial charge in [0.2, 0.25) is 0 Å². The van der Waals surface area contributed by atoms with Gasteiger partial charge in [-0.1, -0.05) is 30.3 Å². The van der Waals surface area contributed by atoms with Crippen LogP contribution in [0.4, 0.5) is 9.80 Å². The van der Waals surface area contributed by atoms with Gasteiger partial charge in [-0.2, -0.15) is 4.37 Å². The number of anilines is 1. The summed E-state index contributed by atoms with van der Waals surface area (Å²) in [6, 6.07) is 9.89. The van der Waals surface area contributed by atoms with Crippen LogP contribution in [0.3, 0.4) is 0 Å². The largest absolute Gasteiger partial charge is 0.453 e. The number of hydrogen-bond donors (Lipinski definition) is 2. The third-order valence-corrected chi connectivity index (χ3v) is 3.89. The Kier molecular flexibility index (Phi) is 5.48. The van der Waals surface area contributed by atoms with Crippen molar-refractivity contribution in [2.75, 3.05) is 19.0 Å². The fourth-order valence-corrected chi connectivity index (χ4v) is 2.70. The average molecular weight is 319 g/mol. The van der Waals surface area contributed by atoms with Gasteiger partial charge in [0.15, 0.2) is 0 Å². The Hall–Kier alpha value is -2.41. The molecular weight excluding hydrogens is 302 g/mol. The zero-order valence-corrected chi connectivity index (χ0v) is 13.2. The third-order valence-electron chi connectivity index (χ3n) is 3.03. The van der Waals surface area contributed by atoms with Crippen LogP contribution in [0.25, 0.3) is 0 Å². The molecule has 7 heteroatoms. The number of carbonyl (C=O) groups excluding carboxylic acids is 2. The summed E-state index contributed by atoms with van der Waals surface area (Å²) in [6.45, 7) is 2.24. The summed E-state index contributed by atoms with van der Waals surface area (Å²) < 4.78 is 8.64. The fourth-order valence-electron chi connectivity index (χ4n) is 1.92. The minimum absolute atomic E-state index is 0.256. The summed E-state index contributed by atoms with van der Waals surface area (Å²) in [5.74, 6) is -0.256. The second-order valence-corrected chi connectivity index (χ2v) is 5.35. The van der Waals surface area contributed by atoms with Gasteiger partial charge in [0.1, 0.15) is 5.00 Å². The Morgan fingerprint density at radius 3 is 2.68 bits per heavy atom. The van der Waals surface area contributed by atoms with Gasteiger partial charge in [0.05, 0.1) is 18.4 Å². The van der Waals surface area contributed by atoms with E-state index in [1.54, 1.807) is 6.92 Å². The number of nitrogens with zero attached hydrogens (tertiary/aromatic N) is 1. The lowest BCUT2D eigenvalue weighted by Crippen LogP contribution is -2.27. The fraction of sp³-hybridized carbons (Fsp3) is 0.267. The third kappa shape index (κ3) is 4.05. The van der Waals surface area contributed by atoms with Gasteiger partial charge in [0, 0.05) is 6.54 Å². The molecule has 0 aliphatic heterocycles. The first-order chi connectivity index (χ1) is 10.6. The summed E-state index contributed by atoms with van der Waals surface area (Å²) >= 11 is 1.06. The van der Waals surface area contributed by atoms with E-state index >= 15 is 0 Å². The molecule has 0 radical (unpaired) electrons. The minimum atomic E-state index is -0.623. The summed E-state index contributed by atoms with van der Waals surface area (Å²) in [6.07, 6.45) is 0.116. The van der Waals surface area contributed by atoms with E-state index in [2.05, 4.69) is 19.7 Å². The Morgan fingerprint density at radius 1 is 1.27 bits per heavy atom. The highest BCUT2D eigenvalue weighted by molar-refractivity contribution is 7.11. The Balaban J connectivity index is 1.97. The van der Waals surface area contributed by atoms with E-state index in [9.17, 15) is 9.59 Å². The van der Waals surface area contributed by atoms with Gasteiger partial charge >= 0.3 is 6.09 Å². The van der Waals surface area contributed by atoms with E-state index in [4.69, 9.17) is 0 Å². The monoisotopic (exact) mass is 319 g/mol. The summed E-state index contributed by atoms with van der Waals surface area (Å²) in [4.78, 5) is 23.5. The van der Waals surface area contributed by atoms with E-state index < -0.39 is 6.09 Å². The zero-order chi connectivity index (χ0) is 15.9. The number of nitrogens with one attached hydrogen (secondary N) is 2. The zero-order valence-electron chi connectivity index (χ0n) is 12.4. The summed E-state index contributed by atoms with van der Waals surface area (Å²) in [7, 11) is 1.27. The molecule has 0 atom stereocenters. The van der Waals surface area contributed by atoms with Crippen LogP contribution < -0.4 is 10.6 Å². The van der Waals surface area contributed by atoms with E-state index in [0.29, 0.717) is 22.8 Å². The van der Waals surface area contributed by atoms with Crippen LogP contribution in [0.5, 0.6) is 0 Å². The second kappa shape index (κ2) is 7.56. The van der Waals surface area contributed by atoms with Gasteiger partial charge in [-0.15, -0.1) is 0 Å². The first kappa shape index (κ1) is 16.0. The molecule has 0 spiro atoms. The topological polar surface area (TPSA) is 80.3 Å². The number of ether oxygens (including phenoxy) is 1. The molecule has 0 unspecified atom stereocenters. The van der Waals surface area contributed by atoms with Gasteiger partial charge < -0.3 is 10.1 Å². The van der Waals surface area contributed by atoms with Crippen LogP contribution >= 0.6 is 11.5 Å². The highest BCUT2D eigenvalue weighted by Crippen LogP contribution is 2.24. The smallest absolute Gasteiger partial charge is 0.412 e. The lowest BCUT2D eigenvalue weighted by atomic mass is 10.1. The van der Waals surface area contributed by atoms with Crippen LogP contribution in [-0.4, -0.2) is 30.0 Å². The number of benzene rings is 1. The molecule has 1 aromatic heterocycles. The average Bonchev–Trinajstić information content (AvgIpc) is 2.88. The SMILES string of the molecule is COC(=O)Nc1snc(C)c1C(=O)NCCc1ccccc1. The van der Waals surface area contributed by atoms with Crippen molar-refractivity contribution in [3.05, 3.63) is 47.2 Å². The van der Waals surface area contributed by atoms with Gasteiger partial charge in [0.25, 0.3) is 5.91 Å². The molecule has 2 rings (SSSR count). The quantitative estimate of drug-likeness (QED) is 0.887. The number of rotatable bonds is 5. The van der Waals surface area contributed by atoms with Gasteiger partial charge in [-0.25, -0.2) is 4.79 Å². The molecule has 0 saturated heterocycles. The molecule has 0 fully saturated rings. The maximum atomic E-state index is 12.3. The van der Waals surface area contributed by atoms with Crippen molar-refractivity contribution in [2.45, 2.75) is 13.3 Å². The first-order valence-electron chi connectivity index (χ1n) is 6.75. The predicted molar refractivity (Wildman–Crippen MR) is 85.4 cm³/mol. The van der Waals surface area contributed by atoms with E-state index in [0.717, 1.165) is 23.5 Å². The molecular formula is C15H17N3O3S. The molecule has 116 valence electrons. The summed E-state index contributed by atoms with van der Waals surface area (Å²) in [5.41, 5.74) is 2.10. The first-order valence-corrected chi connectivity index (χ1v) is 7.52. The van der Waals surface area contributed by atoms with Crippen molar-refractivity contribution in [1.29, 1.82) is 0 Å². The number of aromatic nitrogens is 1. The number of amides is 2. The molecule has 0 saturated carbocycles. The Morgan fingerprint density at radius 2 is 2.00 bits per heavy atom. The van der Waals surface area contributed by atoms with Crippen LogP contribution in [0.15, 0.2) is 30.3 Å². The van der Waals surface area contributed by atoms with Crippen molar-refractivity contribution >= 4 is 28.5 Å². The molecule has 2 aromatic rings. The van der Waals surface area contributed by atoms with E-state index in [-0.39, 0.29) is 5.91 Å². The molecule has 1 aromatic carbocycles. The second-order valence-electron chi connectivity index (χ2n) is 4.58. The molecule has 2 amide bonds. The number of carbonyl (C=O) groups is 2. The van der Waals surface area contributed by atoms with Crippen LogP contribution in [0, 0.1) is 6.92 Å². The molecule has 0 aliphatic carbocycles. The van der Waals surface area contributed by atoms with Crippen molar-refractivity contribution in [3.63, 3.8) is 0 Å². The van der Waals surface area contributed by atoms with E-state index in [1.807, 2.05) is 30.3 Å². The molecule has 2 N–H and O–H groups in total. The maximum Gasteiger partial charge on any atom is 0.412 e. The molecule has 0 aliphatic rings. The molecule has 6 nitrogen and oxygen atoms in total. The Bertz CT molecular complexity index is 655. The molecule has 0 bridgehead atoms. The number of hydrogen-bond acceptors (Lipinski definition) is 5. The molecule has 22 heavy (non-hydrogen) atoms. The standard InChI is InChI=1S/C15H17N3O3S/c1-10-12(14(22-18-10)17-15(20)21-2)13(19)16-9-8-11-6-4-3-5-7-11/h3-7H,8-9H2,1-2H3,(H,16,19)(H,17,20). The van der Waals surface area contributed by atoms with Crippen molar-refractivity contribution in [2.24, 2.45) is 0 Å². The van der Waals surface area contributed by atoms with Crippen molar-refractivity contribution in [3.8, 4) is 0 Å². The van der Waals surface area contributed by atoms with Crippen LogP contribution in [0.2, 0.25) is 0 Å². The predicted octanol–water partition coefficient (Wildman–Crippen LogP) is 2.60. The lowest BCUT2D eigenvalue weighted by molar-refractivity contribution is 0.0954. The van der Waals surface area contributed by atoms with Gasteiger partial charge in [-0.05, 0) is 30.4 Å². The number of methoxy groups -OCH3 is 1. The maximum absolute atomic E-state index is 12.3. The highest BCUT2D eigenvalue weighted by Gasteiger charge is 2.19. The molecule has 1 heterocycles. The highest BCUT2D eigenvalue weighted by atomic mass is 32.1. The van der Waals surface area contributed by atoms with E-state index in [1.165, 1.54) is 7.11 Å². The van der Waals surface area contributed by atoms with Gasteiger partial charge in [-0.3, -0.25) is 10.1 Å². The van der Waals surface area contributed by atoms with Crippen molar-refractivity contribution in [1.82, 2.24) is 9.69 Å².